The fraction of sp³-hybridized carbons (Fsp3) is 0.533. The van der Waals surface area contributed by atoms with Crippen molar-refractivity contribution in [2.24, 2.45) is 0 Å². The van der Waals surface area contributed by atoms with Gasteiger partial charge in [-0.15, -0.1) is 36.2 Å². The molecule has 134 valence electrons. The first-order valence-corrected chi connectivity index (χ1v) is 8.53. The van der Waals surface area contributed by atoms with Crippen molar-refractivity contribution in [3.63, 3.8) is 0 Å². The topological polar surface area (TPSA) is 61.4 Å². The second-order valence-corrected chi connectivity index (χ2v) is 6.31. The molecule has 0 saturated carbocycles. The SMILES string of the molecule is CNCCCC(=O)N1CCN(c2ncnc3sccc23)CC1.Cl.Cl. The van der Waals surface area contributed by atoms with Crippen molar-refractivity contribution in [1.29, 1.82) is 0 Å². The van der Waals surface area contributed by atoms with Crippen molar-refractivity contribution in [2.45, 2.75) is 12.8 Å². The van der Waals surface area contributed by atoms with E-state index in [1.54, 1.807) is 17.7 Å². The second kappa shape index (κ2) is 9.98. The van der Waals surface area contributed by atoms with E-state index in [0.717, 1.165) is 55.2 Å². The van der Waals surface area contributed by atoms with E-state index in [1.165, 1.54) is 0 Å². The van der Waals surface area contributed by atoms with Crippen LogP contribution in [0.2, 0.25) is 0 Å². The quantitative estimate of drug-likeness (QED) is 0.791. The first-order chi connectivity index (χ1) is 10.8. The van der Waals surface area contributed by atoms with E-state index >= 15 is 0 Å². The highest BCUT2D eigenvalue weighted by Crippen LogP contribution is 2.27. The minimum Gasteiger partial charge on any atom is -0.352 e. The van der Waals surface area contributed by atoms with Gasteiger partial charge in [0, 0.05) is 32.6 Å². The molecule has 0 aromatic carbocycles. The Bertz CT molecular complexity index is 646. The average molecular weight is 392 g/mol. The van der Waals surface area contributed by atoms with Gasteiger partial charge in [0.2, 0.25) is 5.91 Å². The van der Waals surface area contributed by atoms with Crippen LogP contribution >= 0.6 is 36.2 Å². The predicted molar refractivity (Wildman–Crippen MR) is 104 cm³/mol. The molecule has 9 heteroatoms. The van der Waals surface area contributed by atoms with Gasteiger partial charge in [0.1, 0.15) is 17.0 Å². The summed E-state index contributed by atoms with van der Waals surface area (Å²) in [5.41, 5.74) is 0. The Morgan fingerprint density at radius 3 is 2.71 bits per heavy atom. The highest BCUT2D eigenvalue weighted by atomic mass is 35.5. The maximum absolute atomic E-state index is 12.1. The lowest BCUT2D eigenvalue weighted by Crippen LogP contribution is -2.49. The Morgan fingerprint density at radius 2 is 2.00 bits per heavy atom. The van der Waals surface area contributed by atoms with Crippen LogP contribution in [-0.4, -0.2) is 60.5 Å². The van der Waals surface area contributed by atoms with Crippen LogP contribution < -0.4 is 10.2 Å². The molecule has 3 heterocycles. The summed E-state index contributed by atoms with van der Waals surface area (Å²) >= 11 is 1.63. The molecular formula is C15H23Cl2N5OS. The van der Waals surface area contributed by atoms with Crippen LogP contribution in [0.1, 0.15) is 12.8 Å². The summed E-state index contributed by atoms with van der Waals surface area (Å²) in [6.07, 6.45) is 3.16. The van der Waals surface area contributed by atoms with E-state index in [-0.39, 0.29) is 30.7 Å². The first kappa shape index (κ1) is 20.9. The third-order valence-electron chi connectivity index (χ3n) is 3.99. The van der Waals surface area contributed by atoms with Gasteiger partial charge in [-0.25, -0.2) is 9.97 Å². The number of carbonyl (C=O) groups excluding carboxylic acids is 1. The fourth-order valence-corrected chi connectivity index (χ4v) is 3.50. The van der Waals surface area contributed by atoms with Gasteiger partial charge >= 0.3 is 0 Å². The molecule has 1 aliphatic rings. The zero-order valence-electron chi connectivity index (χ0n) is 13.6. The molecule has 6 nitrogen and oxygen atoms in total. The lowest BCUT2D eigenvalue weighted by Gasteiger charge is -2.35. The van der Waals surface area contributed by atoms with Gasteiger partial charge in [-0.3, -0.25) is 4.79 Å². The Labute approximate surface area is 158 Å². The van der Waals surface area contributed by atoms with Crippen molar-refractivity contribution in [3.8, 4) is 0 Å². The molecule has 1 amide bonds. The number of nitrogens with one attached hydrogen (secondary N) is 1. The van der Waals surface area contributed by atoms with Crippen LogP contribution in [0.25, 0.3) is 10.2 Å². The Balaban J connectivity index is 0.00000144. The zero-order chi connectivity index (χ0) is 15.4. The smallest absolute Gasteiger partial charge is 0.222 e. The molecule has 0 atom stereocenters. The second-order valence-electron chi connectivity index (χ2n) is 5.41. The monoisotopic (exact) mass is 391 g/mol. The van der Waals surface area contributed by atoms with Crippen LogP contribution in [0, 0.1) is 0 Å². The number of thiophene rings is 1. The van der Waals surface area contributed by atoms with Crippen molar-refractivity contribution in [3.05, 3.63) is 17.8 Å². The highest BCUT2D eigenvalue weighted by Gasteiger charge is 2.22. The molecule has 0 spiro atoms. The van der Waals surface area contributed by atoms with Crippen molar-refractivity contribution in [2.75, 3.05) is 44.7 Å². The molecular weight excluding hydrogens is 369 g/mol. The molecule has 1 N–H and O–H groups in total. The lowest BCUT2D eigenvalue weighted by molar-refractivity contribution is -0.131. The summed E-state index contributed by atoms with van der Waals surface area (Å²) in [6, 6.07) is 2.07. The Morgan fingerprint density at radius 1 is 1.25 bits per heavy atom. The van der Waals surface area contributed by atoms with Gasteiger partial charge in [-0.2, -0.15) is 0 Å². The number of rotatable bonds is 5. The molecule has 3 rings (SSSR count). The van der Waals surface area contributed by atoms with Crippen LogP contribution in [0.4, 0.5) is 5.82 Å². The van der Waals surface area contributed by atoms with E-state index in [9.17, 15) is 4.79 Å². The van der Waals surface area contributed by atoms with E-state index in [1.807, 2.05) is 17.3 Å². The van der Waals surface area contributed by atoms with Crippen LogP contribution in [-0.2, 0) is 4.79 Å². The molecule has 0 bridgehead atoms. The summed E-state index contributed by atoms with van der Waals surface area (Å²) in [4.78, 5) is 26.1. The fourth-order valence-electron chi connectivity index (χ4n) is 2.77. The zero-order valence-corrected chi connectivity index (χ0v) is 16.1. The number of halogens is 2. The number of piperazine rings is 1. The average Bonchev–Trinajstić information content (AvgIpc) is 3.04. The van der Waals surface area contributed by atoms with E-state index < -0.39 is 0 Å². The predicted octanol–water partition coefficient (Wildman–Crippen LogP) is 2.18. The summed E-state index contributed by atoms with van der Waals surface area (Å²) in [5, 5.41) is 6.24. The number of hydrogen-bond acceptors (Lipinski definition) is 6. The van der Waals surface area contributed by atoms with Gasteiger partial charge in [0.25, 0.3) is 0 Å². The normalized spacial score (nSPS) is 14.2. The van der Waals surface area contributed by atoms with Crippen LogP contribution in [0.5, 0.6) is 0 Å². The molecule has 1 aliphatic heterocycles. The molecule has 0 radical (unpaired) electrons. The van der Waals surface area contributed by atoms with Gasteiger partial charge in [0.15, 0.2) is 0 Å². The van der Waals surface area contributed by atoms with E-state index in [2.05, 4.69) is 26.3 Å². The van der Waals surface area contributed by atoms with Gasteiger partial charge in [0.05, 0.1) is 5.39 Å². The highest BCUT2D eigenvalue weighted by molar-refractivity contribution is 7.16. The van der Waals surface area contributed by atoms with Crippen LogP contribution in [0.15, 0.2) is 17.8 Å². The number of amides is 1. The summed E-state index contributed by atoms with van der Waals surface area (Å²) < 4.78 is 0. The minimum atomic E-state index is 0. The molecule has 1 fully saturated rings. The van der Waals surface area contributed by atoms with Crippen LogP contribution in [0.3, 0.4) is 0 Å². The number of fused-ring (bicyclic) bond motifs is 1. The molecule has 0 unspecified atom stereocenters. The van der Waals surface area contributed by atoms with Gasteiger partial charge < -0.3 is 15.1 Å². The number of hydrogen-bond donors (Lipinski definition) is 1. The summed E-state index contributed by atoms with van der Waals surface area (Å²) in [5.74, 6) is 1.26. The Kier molecular flexibility index (Phi) is 8.69. The molecule has 24 heavy (non-hydrogen) atoms. The van der Waals surface area contributed by atoms with Crippen molar-refractivity contribution >= 4 is 58.1 Å². The number of anilines is 1. The first-order valence-electron chi connectivity index (χ1n) is 7.65. The molecule has 2 aromatic rings. The molecule has 2 aromatic heterocycles. The number of nitrogens with zero attached hydrogens (tertiary/aromatic N) is 4. The maximum atomic E-state index is 12.1. The van der Waals surface area contributed by atoms with Gasteiger partial charge in [-0.1, -0.05) is 0 Å². The third kappa shape index (κ3) is 4.69. The van der Waals surface area contributed by atoms with Crippen molar-refractivity contribution < 1.29 is 4.79 Å². The number of carbonyl (C=O) groups is 1. The third-order valence-corrected chi connectivity index (χ3v) is 4.81. The van der Waals surface area contributed by atoms with Crippen molar-refractivity contribution in [1.82, 2.24) is 20.2 Å². The summed E-state index contributed by atoms with van der Waals surface area (Å²) in [7, 11) is 1.91. The standard InChI is InChI=1S/C15H21N5OS.2ClH/c1-16-5-2-3-13(21)19-6-8-20(9-7-19)14-12-4-10-22-15(12)18-11-17-14;;/h4,10-11,16H,2-3,5-9H2,1H3;2*1H. The molecule has 0 aliphatic carbocycles. The van der Waals surface area contributed by atoms with E-state index in [0.29, 0.717) is 6.42 Å². The Hall–Kier alpha value is -1.15. The summed E-state index contributed by atoms with van der Waals surface area (Å²) in [6.45, 7) is 4.10. The largest absolute Gasteiger partial charge is 0.352 e. The lowest BCUT2D eigenvalue weighted by atomic mass is 10.2. The van der Waals surface area contributed by atoms with Gasteiger partial charge in [-0.05, 0) is 31.5 Å². The molecule has 1 saturated heterocycles. The maximum Gasteiger partial charge on any atom is 0.222 e. The number of aromatic nitrogens is 2. The minimum absolute atomic E-state index is 0. The van der Waals surface area contributed by atoms with E-state index in [4.69, 9.17) is 0 Å².